The summed E-state index contributed by atoms with van der Waals surface area (Å²) in [5.74, 6) is 1.58. The summed E-state index contributed by atoms with van der Waals surface area (Å²) in [4.78, 5) is 32.5. The molecule has 2 heterocycles. The zero-order valence-electron chi connectivity index (χ0n) is 18.3. The lowest BCUT2D eigenvalue weighted by Gasteiger charge is -2.32. The van der Waals surface area contributed by atoms with Crippen LogP contribution in [0.2, 0.25) is 0 Å². The lowest BCUT2D eigenvalue weighted by atomic mass is 9.90. The van der Waals surface area contributed by atoms with Gasteiger partial charge in [0.25, 0.3) is 0 Å². The largest absolute Gasteiger partial charge is 0.352 e. The van der Waals surface area contributed by atoms with E-state index < -0.39 is 0 Å². The number of hydrogen-bond acceptors (Lipinski definition) is 3. The highest BCUT2D eigenvalue weighted by molar-refractivity contribution is 5.86. The van der Waals surface area contributed by atoms with Crippen molar-refractivity contribution in [3.63, 3.8) is 0 Å². The molecule has 2 fully saturated rings. The number of aliphatic imine (C=N–C) groups is 1. The van der Waals surface area contributed by atoms with Gasteiger partial charge in [0, 0.05) is 45.7 Å². The minimum absolute atomic E-state index is 0.116. The molecule has 1 aromatic carbocycles. The molecular weight excluding hydrogens is 378 g/mol. The molecule has 164 valence electrons. The van der Waals surface area contributed by atoms with E-state index >= 15 is 0 Å². The third-order valence-electron chi connectivity index (χ3n) is 6.15. The van der Waals surface area contributed by atoms with Crippen molar-refractivity contribution in [1.29, 1.82) is 0 Å². The molecule has 2 amide bonds. The topological polar surface area (TPSA) is 77.0 Å². The second kappa shape index (κ2) is 11.0. The second-order valence-corrected chi connectivity index (χ2v) is 8.26. The van der Waals surface area contributed by atoms with Gasteiger partial charge in [0.15, 0.2) is 5.96 Å². The molecule has 1 unspecified atom stereocenters. The van der Waals surface area contributed by atoms with E-state index in [0.717, 1.165) is 45.3 Å². The molecule has 2 N–H and O–H groups in total. The summed E-state index contributed by atoms with van der Waals surface area (Å²) in [5.41, 5.74) is 1.38. The van der Waals surface area contributed by atoms with Crippen molar-refractivity contribution in [3.8, 4) is 0 Å². The Morgan fingerprint density at radius 1 is 1.03 bits per heavy atom. The van der Waals surface area contributed by atoms with E-state index in [1.54, 1.807) is 7.05 Å². The van der Waals surface area contributed by atoms with Crippen LogP contribution < -0.4 is 10.6 Å². The van der Waals surface area contributed by atoms with Crippen molar-refractivity contribution >= 4 is 17.8 Å². The van der Waals surface area contributed by atoms with Gasteiger partial charge >= 0.3 is 0 Å². The maximum Gasteiger partial charge on any atom is 0.241 e. The van der Waals surface area contributed by atoms with Gasteiger partial charge in [0.2, 0.25) is 11.8 Å². The first-order chi connectivity index (χ1) is 14.6. The molecule has 0 aromatic heterocycles. The molecule has 3 rings (SSSR count). The number of nitrogens with zero attached hydrogens (tertiary/aromatic N) is 3. The van der Waals surface area contributed by atoms with Crippen molar-refractivity contribution in [2.24, 2.45) is 10.9 Å². The van der Waals surface area contributed by atoms with E-state index in [9.17, 15) is 9.59 Å². The van der Waals surface area contributed by atoms with Gasteiger partial charge in [-0.25, -0.2) is 0 Å². The molecule has 0 aliphatic carbocycles. The Hall–Kier alpha value is -2.57. The summed E-state index contributed by atoms with van der Waals surface area (Å²) in [5, 5.41) is 6.49. The van der Waals surface area contributed by atoms with Gasteiger partial charge in [0.1, 0.15) is 0 Å². The van der Waals surface area contributed by atoms with Crippen LogP contribution in [0, 0.1) is 5.92 Å². The van der Waals surface area contributed by atoms with Crippen LogP contribution in [0.4, 0.5) is 0 Å². The smallest absolute Gasteiger partial charge is 0.241 e. The summed E-state index contributed by atoms with van der Waals surface area (Å²) in [6.07, 6.45) is 4.64. The minimum Gasteiger partial charge on any atom is -0.352 e. The highest BCUT2D eigenvalue weighted by Gasteiger charge is 2.26. The number of nitrogens with one attached hydrogen (secondary N) is 2. The fourth-order valence-corrected chi connectivity index (χ4v) is 4.32. The number of carbonyl (C=O) groups is 2. The van der Waals surface area contributed by atoms with Crippen LogP contribution in [0.15, 0.2) is 35.3 Å². The fraction of sp³-hybridized carbons (Fsp3) is 0.609. The minimum atomic E-state index is 0.116. The highest BCUT2D eigenvalue weighted by atomic mass is 16.2. The van der Waals surface area contributed by atoms with E-state index in [2.05, 4.69) is 39.9 Å². The number of hydrogen-bond donors (Lipinski definition) is 2. The molecular formula is C23H35N5O2. The van der Waals surface area contributed by atoms with Gasteiger partial charge in [-0.05, 0) is 37.2 Å². The van der Waals surface area contributed by atoms with E-state index in [0.29, 0.717) is 24.8 Å². The van der Waals surface area contributed by atoms with Gasteiger partial charge in [-0.3, -0.25) is 14.6 Å². The van der Waals surface area contributed by atoms with Crippen molar-refractivity contribution in [3.05, 3.63) is 35.9 Å². The monoisotopic (exact) mass is 413 g/mol. The van der Waals surface area contributed by atoms with E-state index in [4.69, 9.17) is 0 Å². The molecule has 0 spiro atoms. The standard InChI is InChI=1S/C23H35N5O2/c1-3-21(29)28-14-11-20(17-28)26-23(24-2)25-16-22(30)27-12-9-19(10-13-27)15-18-7-5-4-6-8-18/h4-8,19-20H,3,9-17H2,1-2H3,(H2,24,25,26). The Bertz CT molecular complexity index is 728. The zero-order valence-corrected chi connectivity index (χ0v) is 18.3. The van der Waals surface area contributed by atoms with Crippen molar-refractivity contribution in [1.82, 2.24) is 20.4 Å². The normalized spacial score (nSPS) is 20.3. The lowest BCUT2D eigenvalue weighted by molar-refractivity contribution is -0.131. The maximum atomic E-state index is 12.6. The van der Waals surface area contributed by atoms with Crippen LogP contribution >= 0.6 is 0 Å². The second-order valence-electron chi connectivity index (χ2n) is 8.26. The number of guanidine groups is 1. The van der Waals surface area contributed by atoms with Crippen LogP contribution in [0.3, 0.4) is 0 Å². The molecule has 1 aromatic rings. The Morgan fingerprint density at radius 2 is 1.73 bits per heavy atom. The molecule has 0 bridgehead atoms. The van der Waals surface area contributed by atoms with Crippen LogP contribution in [0.1, 0.15) is 38.2 Å². The molecule has 0 saturated carbocycles. The summed E-state index contributed by atoms with van der Waals surface area (Å²) < 4.78 is 0. The molecule has 1 atom stereocenters. The van der Waals surface area contributed by atoms with E-state index in [1.807, 2.05) is 22.8 Å². The lowest BCUT2D eigenvalue weighted by Crippen LogP contribution is -2.49. The average molecular weight is 414 g/mol. The summed E-state index contributed by atoms with van der Waals surface area (Å²) >= 11 is 0. The average Bonchev–Trinajstić information content (AvgIpc) is 3.25. The predicted octanol–water partition coefficient (Wildman–Crippen LogP) is 1.64. The highest BCUT2D eigenvalue weighted by Crippen LogP contribution is 2.21. The first-order valence-corrected chi connectivity index (χ1v) is 11.2. The first kappa shape index (κ1) is 22.1. The summed E-state index contributed by atoms with van der Waals surface area (Å²) in [7, 11) is 1.71. The summed E-state index contributed by atoms with van der Waals surface area (Å²) in [6.45, 7) is 5.24. The Morgan fingerprint density at radius 3 is 2.40 bits per heavy atom. The molecule has 2 saturated heterocycles. The number of amides is 2. The maximum absolute atomic E-state index is 12.6. The van der Waals surface area contributed by atoms with Gasteiger partial charge in [-0.15, -0.1) is 0 Å². The molecule has 0 radical (unpaired) electrons. The molecule has 7 heteroatoms. The van der Waals surface area contributed by atoms with Crippen LogP contribution in [0.5, 0.6) is 0 Å². The van der Waals surface area contributed by atoms with Crippen LogP contribution in [-0.4, -0.2) is 73.4 Å². The quantitative estimate of drug-likeness (QED) is 0.549. The van der Waals surface area contributed by atoms with Gasteiger partial charge < -0.3 is 20.4 Å². The number of carbonyl (C=O) groups excluding carboxylic acids is 2. The SMILES string of the molecule is CCC(=O)N1CCC(NC(=NC)NCC(=O)N2CCC(Cc3ccccc3)CC2)C1. The number of piperidine rings is 1. The molecule has 2 aliphatic rings. The third kappa shape index (κ3) is 6.21. The Kier molecular flexibility index (Phi) is 8.11. The molecule has 7 nitrogen and oxygen atoms in total. The fourth-order valence-electron chi connectivity index (χ4n) is 4.32. The Labute approximate surface area is 179 Å². The summed E-state index contributed by atoms with van der Waals surface area (Å²) in [6, 6.07) is 10.8. The number of likely N-dealkylation sites (tertiary alicyclic amines) is 2. The molecule has 30 heavy (non-hydrogen) atoms. The van der Waals surface area contributed by atoms with Crippen LogP contribution in [-0.2, 0) is 16.0 Å². The van der Waals surface area contributed by atoms with Gasteiger partial charge in [-0.1, -0.05) is 37.3 Å². The van der Waals surface area contributed by atoms with Gasteiger partial charge in [-0.2, -0.15) is 0 Å². The predicted molar refractivity (Wildman–Crippen MR) is 119 cm³/mol. The van der Waals surface area contributed by atoms with E-state index in [1.165, 1.54) is 5.56 Å². The van der Waals surface area contributed by atoms with E-state index in [-0.39, 0.29) is 24.4 Å². The zero-order chi connectivity index (χ0) is 21.3. The Balaban J connectivity index is 1.37. The third-order valence-corrected chi connectivity index (χ3v) is 6.15. The number of rotatable bonds is 6. The van der Waals surface area contributed by atoms with Crippen molar-refractivity contribution in [2.75, 3.05) is 39.8 Å². The van der Waals surface area contributed by atoms with Crippen molar-refractivity contribution in [2.45, 2.75) is 45.1 Å². The van der Waals surface area contributed by atoms with Crippen molar-refractivity contribution < 1.29 is 9.59 Å². The molecule has 2 aliphatic heterocycles. The number of benzene rings is 1. The van der Waals surface area contributed by atoms with Gasteiger partial charge in [0.05, 0.1) is 6.54 Å². The van der Waals surface area contributed by atoms with Crippen LogP contribution in [0.25, 0.3) is 0 Å². The first-order valence-electron chi connectivity index (χ1n) is 11.2.